The highest BCUT2D eigenvalue weighted by Crippen LogP contribution is 2.34. The Labute approximate surface area is 138 Å². The molecule has 1 atom stereocenters. The largest absolute Gasteiger partial charge is 0.368 e. The summed E-state index contributed by atoms with van der Waals surface area (Å²) >= 11 is 0. The number of fused-ring (bicyclic) bond motifs is 1. The molecule has 1 aliphatic rings. The van der Waals surface area contributed by atoms with Crippen LogP contribution < -0.4 is 10.6 Å². The maximum Gasteiger partial charge on any atom is 0.350 e. The van der Waals surface area contributed by atoms with Gasteiger partial charge in [0.2, 0.25) is 5.95 Å². The lowest BCUT2D eigenvalue weighted by Gasteiger charge is -2.17. The highest BCUT2D eigenvalue weighted by atomic mass is 31.2. The summed E-state index contributed by atoms with van der Waals surface area (Å²) in [5.41, 5.74) is 7.11. The van der Waals surface area contributed by atoms with Crippen LogP contribution in [0.1, 0.15) is 19.8 Å². The third-order valence-electron chi connectivity index (χ3n) is 3.85. The minimum absolute atomic E-state index is 0.176. The van der Waals surface area contributed by atoms with Gasteiger partial charge >= 0.3 is 7.60 Å². The SMILES string of the molecule is C[C@H](Cn1cnc2c(N3CCCC3)nc(N)nc21)OCP(=O)(O)O. The number of nitrogen functional groups attached to an aromatic ring is 1. The van der Waals surface area contributed by atoms with Crippen LogP contribution in [0, 0.1) is 0 Å². The van der Waals surface area contributed by atoms with E-state index in [-0.39, 0.29) is 5.95 Å². The molecule has 4 N–H and O–H groups in total. The van der Waals surface area contributed by atoms with Crippen LogP contribution >= 0.6 is 7.60 Å². The first-order valence-electron chi connectivity index (χ1n) is 7.73. The molecule has 0 saturated carbocycles. The van der Waals surface area contributed by atoms with E-state index >= 15 is 0 Å². The molecule has 24 heavy (non-hydrogen) atoms. The first kappa shape index (κ1) is 17.1. The summed E-state index contributed by atoms with van der Waals surface area (Å²) in [4.78, 5) is 32.9. The lowest BCUT2D eigenvalue weighted by Crippen LogP contribution is -2.21. The van der Waals surface area contributed by atoms with E-state index in [0.29, 0.717) is 17.7 Å². The van der Waals surface area contributed by atoms with Crippen molar-refractivity contribution in [2.45, 2.75) is 32.4 Å². The highest BCUT2D eigenvalue weighted by Gasteiger charge is 2.21. The Morgan fingerprint density at radius 3 is 2.75 bits per heavy atom. The van der Waals surface area contributed by atoms with Gasteiger partial charge in [0.25, 0.3) is 0 Å². The normalized spacial score (nSPS) is 16.9. The van der Waals surface area contributed by atoms with Gasteiger partial charge in [-0.15, -0.1) is 0 Å². The molecule has 1 saturated heterocycles. The molecule has 10 nitrogen and oxygen atoms in total. The van der Waals surface area contributed by atoms with Crippen molar-refractivity contribution < 1.29 is 19.1 Å². The van der Waals surface area contributed by atoms with Crippen molar-refractivity contribution >= 4 is 30.5 Å². The zero-order chi connectivity index (χ0) is 17.3. The Kier molecular flexibility index (Phi) is 4.73. The van der Waals surface area contributed by atoms with Crippen molar-refractivity contribution in [3.05, 3.63) is 6.33 Å². The van der Waals surface area contributed by atoms with Gasteiger partial charge in [0, 0.05) is 13.1 Å². The number of ether oxygens (including phenoxy) is 1. The monoisotopic (exact) mass is 356 g/mol. The first-order chi connectivity index (χ1) is 11.3. The molecule has 1 aliphatic heterocycles. The Bertz CT molecular complexity index is 769. The van der Waals surface area contributed by atoms with Crippen molar-refractivity contribution in [2.75, 3.05) is 30.1 Å². The summed E-state index contributed by atoms with van der Waals surface area (Å²) in [6.45, 7) is 3.92. The number of hydrogen-bond acceptors (Lipinski definition) is 7. The quantitative estimate of drug-likeness (QED) is 0.633. The molecule has 0 radical (unpaired) electrons. The summed E-state index contributed by atoms with van der Waals surface area (Å²) in [6.07, 6.45) is 2.81. The molecule has 0 amide bonds. The van der Waals surface area contributed by atoms with E-state index in [4.69, 9.17) is 20.3 Å². The molecule has 3 rings (SSSR count). The van der Waals surface area contributed by atoms with Crippen LogP contribution in [0.3, 0.4) is 0 Å². The molecule has 3 heterocycles. The fraction of sp³-hybridized carbons (Fsp3) is 0.615. The lowest BCUT2D eigenvalue weighted by molar-refractivity contribution is 0.0764. The first-order valence-corrected chi connectivity index (χ1v) is 9.53. The molecular formula is C13H21N6O4P. The zero-order valence-electron chi connectivity index (χ0n) is 13.4. The van der Waals surface area contributed by atoms with Gasteiger partial charge in [-0.05, 0) is 19.8 Å². The van der Waals surface area contributed by atoms with Crippen molar-refractivity contribution in [1.29, 1.82) is 0 Å². The van der Waals surface area contributed by atoms with Crippen LogP contribution in [0.4, 0.5) is 11.8 Å². The maximum absolute atomic E-state index is 10.9. The van der Waals surface area contributed by atoms with Crippen molar-refractivity contribution in [2.24, 2.45) is 0 Å². The fourth-order valence-electron chi connectivity index (χ4n) is 2.78. The van der Waals surface area contributed by atoms with Crippen LogP contribution in [-0.4, -0.2) is 54.8 Å². The third kappa shape index (κ3) is 3.84. The van der Waals surface area contributed by atoms with Crippen LogP contribution in [0.15, 0.2) is 6.33 Å². The fourth-order valence-corrected chi connectivity index (χ4v) is 3.23. The summed E-state index contributed by atoms with van der Waals surface area (Å²) in [7, 11) is -4.19. The molecule has 1 fully saturated rings. The minimum Gasteiger partial charge on any atom is -0.368 e. The van der Waals surface area contributed by atoms with E-state index < -0.39 is 20.0 Å². The summed E-state index contributed by atoms with van der Waals surface area (Å²) < 4.78 is 17.8. The van der Waals surface area contributed by atoms with E-state index in [1.807, 2.05) is 0 Å². The molecule has 0 aromatic carbocycles. The molecule has 0 aliphatic carbocycles. The number of rotatable bonds is 6. The number of hydrogen-bond donors (Lipinski definition) is 3. The summed E-state index contributed by atoms with van der Waals surface area (Å²) in [6, 6.07) is 0. The predicted octanol–water partition coefficient (Wildman–Crippen LogP) is 0.549. The van der Waals surface area contributed by atoms with Gasteiger partial charge in [-0.2, -0.15) is 9.97 Å². The summed E-state index contributed by atoms with van der Waals surface area (Å²) in [5, 5.41) is 0. The van der Waals surface area contributed by atoms with Crippen molar-refractivity contribution in [3.8, 4) is 0 Å². The van der Waals surface area contributed by atoms with Gasteiger partial charge in [-0.3, -0.25) is 4.57 Å². The number of imidazole rings is 1. The molecule has 2 aromatic rings. The van der Waals surface area contributed by atoms with Gasteiger partial charge in [-0.1, -0.05) is 0 Å². The van der Waals surface area contributed by atoms with E-state index in [0.717, 1.165) is 31.7 Å². The third-order valence-corrected chi connectivity index (χ3v) is 4.33. The zero-order valence-corrected chi connectivity index (χ0v) is 14.3. The number of aromatic nitrogens is 4. The molecule has 0 unspecified atom stereocenters. The second-order valence-electron chi connectivity index (χ2n) is 5.94. The number of anilines is 2. The van der Waals surface area contributed by atoms with E-state index in [9.17, 15) is 4.57 Å². The van der Waals surface area contributed by atoms with Gasteiger partial charge < -0.3 is 29.7 Å². The number of nitrogens with zero attached hydrogens (tertiary/aromatic N) is 5. The maximum atomic E-state index is 10.9. The molecule has 0 bridgehead atoms. The van der Waals surface area contributed by atoms with Crippen LogP contribution in [-0.2, 0) is 15.8 Å². The second kappa shape index (κ2) is 6.64. The molecule has 0 spiro atoms. The van der Waals surface area contributed by atoms with E-state index in [1.165, 1.54) is 0 Å². The standard InChI is InChI=1S/C13H21N6O4P/c1-9(23-8-24(20,21)22)6-19-7-15-10-11(18-4-2-3-5-18)16-13(14)17-12(10)19/h7,9H,2-6,8H2,1H3,(H2,14,16,17)(H2,20,21,22)/t9-/m1/s1. The van der Waals surface area contributed by atoms with E-state index in [1.54, 1.807) is 17.8 Å². The smallest absolute Gasteiger partial charge is 0.350 e. The Hall–Kier alpha value is -1.74. The number of nitrogens with two attached hydrogens (primary N) is 1. The average molecular weight is 356 g/mol. The Morgan fingerprint density at radius 1 is 1.38 bits per heavy atom. The second-order valence-corrected chi connectivity index (χ2v) is 7.53. The summed E-state index contributed by atoms with van der Waals surface area (Å²) in [5.74, 6) is 0.910. The van der Waals surface area contributed by atoms with Gasteiger partial charge in [0.1, 0.15) is 6.35 Å². The minimum atomic E-state index is -4.19. The van der Waals surface area contributed by atoms with Gasteiger partial charge in [-0.25, -0.2) is 4.98 Å². The molecule has 132 valence electrons. The molecular weight excluding hydrogens is 335 g/mol. The topological polar surface area (TPSA) is 140 Å². The van der Waals surface area contributed by atoms with Gasteiger partial charge in [0.05, 0.1) is 19.0 Å². The molecule has 11 heteroatoms. The Morgan fingerprint density at radius 2 is 2.08 bits per heavy atom. The van der Waals surface area contributed by atoms with Crippen LogP contribution in [0.25, 0.3) is 11.2 Å². The van der Waals surface area contributed by atoms with Gasteiger partial charge in [0.15, 0.2) is 17.0 Å². The van der Waals surface area contributed by atoms with E-state index in [2.05, 4.69) is 19.9 Å². The molecule has 2 aromatic heterocycles. The predicted molar refractivity (Wildman–Crippen MR) is 88.6 cm³/mol. The van der Waals surface area contributed by atoms with Crippen LogP contribution in [0.2, 0.25) is 0 Å². The van der Waals surface area contributed by atoms with Crippen molar-refractivity contribution in [1.82, 2.24) is 19.5 Å². The lowest BCUT2D eigenvalue weighted by atomic mass is 10.4. The highest BCUT2D eigenvalue weighted by molar-refractivity contribution is 7.51. The van der Waals surface area contributed by atoms with Crippen LogP contribution in [0.5, 0.6) is 0 Å². The average Bonchev–Trinajstić information content (AvgIpc) is 3.14. The van der Waals surface area contributed by atoms with Crippen molar-refractivity contribution in [3.63, 3.8) is 0 Å². The Balaban J connectivity index is 1.83.